The van der Waals surface area contributed by atoms with Crippen molar-refractivity contribution >= 4 is 27.7 Å². The molecule has 1 rings (SSSR count). The quantitative estimate of drug-likeness (QED) is 0.838. The van der Waals surface area contributed by atoms with E-state index in [1.807, 2.05) is 43.7 Å². The largest absolute Gasteiger partial charge is 0.349 e. The molecule has 5 heteroatoms. The van der Waals surface area contributed by atoms with Gasteiger partial charge in [-0.15, -0.1) is 0 Å². The number of anilines is 1. The third-order valence-electron chi connectivity index (χ3n) is 2.91. The smallest absolute Gasteiger partial charge is 0.242 e. The van der Waals surface area contributed by atoms with Gasteiger partial charge in [0.15, 0.2) is 0 Å². The fourth-order valence-corrected chi connectivity index (χ4v) is 2.28. The highest BCUT2D eigenvalue weighted by Gasteiger charge is 2.15. The zero-order chi connectivity index (χ0) is 13.7. The van der Waals surface area contributed by atoms with Crippen LogP contribution in [0.3, 0.4) is 0 Å². The van der Waals surface area contributed by atoms with Crippen LogP contribution in [0.5, 0.6) is 0 Å². The second kappa shape index (κ2) is 6.73. The van der Waals surface area contributed by atoms with E-state index < -0.39 is 0 Å². The highest BCUT2D eigenvalue weighted by atomic mass is 79.9. The summed E-state index contributed by atoms with van der Waals surface area (Å²) in [5.74, 6) is 0.924. The number of nitrogens with zero attached hydrogens (tertiary/aromatic N) is 3. The number of aromatic nitrogens is 1. The summed E-state index contributed by atoms with van der Waals surface area (Å²) in [7, 11) is 1.88. The van der Waals surface area contributed by atoms with Crippen LogP contribution < -0.4 is 4.90 Å². The maximum absolute atomic E-state index is 12.0. The minimum Gasteiger partial charge on any atom is -0.349 e. The molecule has 0 N–H and O–H groups in total. The lowest BCUT2D eigenvalue weighted by molar-refractivity contribution is -0.129. The topological polar surface area (TPSA) is 36.4 Å². The summed E-state index contributed by atoms with van der Waals surface area (Å²) in [6.07, 6.45) is 1.76. The molecular formula is C13H20BrN3O. The van der Waals surface area contributed by atoms with E-state index in [2.05, 4.69) is 20.9 Å². The van der Waals surface area contributed by atoms with Gasteiger partial charge in [0.05, 0.1) is 11.0 Å². The van der Waals surface area contributed by atoms with Crippen LogP contribution in [-0.2, 0) is 4.79 Å². The normalized spacial score (nSPS) is 10.3. The van der Waals surface area contributed by atoms with Crippen molar-refractivity contribution in [2.24, 2.45) is 0 Å². The van der Waals surface area contributed by atoms with Crippen molar-refractivity contribution < 1.29 is 4.79 Å². The Labute approximate surface area is 117 Å². The van der Waals surface area contributed by atoms with Crippen molar-refractivity contribution in [2.75, 3.05) is 31.6 Å². The standard InChI is InChI=1S/C13H20BrN3O/c1-5-17(6-2)11(18)9-16(4)13-12(14)10(3)7-8-15-13/h7-8H,5-6,9H2,1-4H3. The van der Waals surface area contributed by atoms with Crippen molar-refractivity contribution in [2.45, 2.75) is 20.8 Å². The lowest BCUT2D eigenvalue weighted by Crippen LogP contribution is -2.39. The molecule has 0 aliphatic rings. The number of carbonyl (C=O) groups is 1. The number of amides is 1. The van der Waals surface area contributed by atoms with E-state index in [1.54, 1.807) is 6.20 Å². The maximum atomic E-state index is 12.0. The molecule has 0 saturated heterocycles. The van der Waals surface area contributed by atoms with Crippen LogP contribution in [0.1, 0.15) is 19.4 Å². The molecule has 100 valence electrons. The second-order valence-corrected chi connectivity index (χ2v) is 4.98. The van der Waals surface area contributed by atoms with Gasteiger partial charge < -0.3 is 9.80 Å². The molecule has 1 aromatic heterocycles. The minimum atomic E-state index is 0.123. The summed E-state index contributed by atoms with van der Waals surface area (Å²) < 4.78 is 0.944. The fraction of sp³-hybridized carbons (Fsp3) is 0.538. The number of carbonyl (C=O) groups excluding carboxylic acids is 1. The summed E-state index contributed by atoms with van der Waals surface area (Å²) in [6.45, 7) is 7.81. The summed E-state index contributed by atoms with van der Waals surface area (Å²) in [5.41, 5.74) is 1.11. The third kappa shape index (κ3) is 3.45. The Morgan fingerprint density at radius 2 is 2.00 bits per heavy atom. The Morgan fingerprint density at radius 1 is 1.39 bits per heavy atom. The monoisotopic (exact) mass is 313 g/mol. The molecule has 0 bridgehead atoms. The van der Waals surface area contributed by atoms with Crippen molar-refractivity contribution in [1.29, 1.82) is 0 Å². The average Bonchev–Trinajstić information content (AvgIpc) is 2.34. The molecule has 0 aliphatic heterocycles. The first-order chi connectivity index (χ1) is 8.51. The molecule has 0 fully saturated rings. The van der Waals surface area contributed by atoms with Gasteiger partial charge >= 0.3 is 0 Å². The molecule has 0 unspecified atom stereocenters. The molecule has 0 aromatic carbocycles. The van der Waals surface area contributed by atoms with Gasteiger partial charge in [-0.25, -0.2) is 4.98 Å². The summed E-state index contributed by atoms with van der Waals surface area (Å²) in [4.78, 5) is 20.0. The SMILES string of the molecule is CCN(CC)C(=O)CN(C)c1nccc(C)c1Br. The Hall–Kier alpha value is -1.10. The van der Waals surface area contributed by atoms with Gasteiger partial charge in [0.1, 0.15) is 5.82 Å². The molecule has 0 radical (unpaired) electrons. The van der Waals surface area contributed by atoms with Crippen molar-refractivity contribution in [3.63, 3.8) is 0 Å². The van der Waals surface area contributed by atoms with E-state index >= 15 is 0 Å². The summed E-state index contributed by atoms with van der Waals surface area (Å²) >= 11 is 3.51. The first-order valence-corrected chi connectivity index (χ1v) is 6.90. The molecule has 0 spiro atoms. The van der Waals surface area contributed by atoms with Crippen molar-refractivity contribution in [3.8, 4) is 0 Å². The zero-order valence-corrected chi connectivity index (χ0v) is 13.0. The Kier molecular flexibility index (Phi) is 5.59. The number of hydrogen-bond donors (Lipinski definition) is 0. The minimum absolute atomic E-state index is 0.123. The van der Waals surface area contributed by atoms with Crippen molar-refractivity contribution in [3.05, 3.63) is 22.3 Å². The van der Waals surface area contributed by atoms with Crippen LogP contribution in [0, 0.1) is 6.92 Å². The Morgan fingerprint density at radius 3 is 2.56 bits per heavy atom. The van der Waals surface area contributed by atoms with E-state index in [1.165, 1.54) is 0 Å². The van der Waals surface area contributed by atoms with Gasteiger partial charge in [0, 0.05) is 26.3 Å². The molecule has 1 amide bonds. The molecule has 1 aromatic rings. The predicted octanol–water partition coefficient (Wildman–Crippen LogP) is 2.46. The second-order valence-electron chi connectivity index (χ2n) is 4.19. The number of halogens is 1. The summed E-state index contributed by atoms with van der Waals surface area (Å²) in [6, 6.07) is 1.94. The highest BCUT2D eigenvalue weighted by Crippen LogP contribution is 2.25. The fourth-order valence-electron chi connectivity index (χ4n) is 1.75. The molecule has 0 aliphatic carbocycles. The number of hydrogen-bond acceptors (Lipinski definition) is 3. The van der Waals surface area contributed by atoms with E-state index in [9.17, 15) is 4.79 Å². The average molecular weight is 314 g/mol. The predicted molar refractivity (Wildman–Crippen MR) is 77.9 cm³/mol. The molecular weight excluding hydrogens is 294 g/mol. The van der Waals surface area contributed by atoms with Gasteiger partial charge in [0.25, 0.3) is 0 Å². The number of aryl methyl sites for hydroxylation is 1. The Balaban J connectivity index is 2.79. The molecule has 4 nitrogen and oxygen atoms in total. The van der Waals surface area contributed by atoms with Gasteiger partial charge in [-0.05, 0) is 48.3 Å². The molecule has 1 heterocycles. The van der Waals surface area contributed by atoms with E-state index in [0.29, 0.717) is 6.54 Å². The number of likely N-dealkylation sites (N-methyl/N-ethyl adjacent to an activating group) is 2. The van der Waals surface area contributed by atoms with E-state index in [4.69, 9.17) is 0 Å². The van der Waals surface area contributed by atoms with Gasteiger partial charge in [-0.1, -0.05) is 0 Å². The van der Waals surface area contributed by atoms with E-state index in [-0.39, 0.29) is 5.91 Å². The van der Waals surface area contributed by atoms with E-state index in [0.717, 1.165) is 28.9 Å². The molecule has 0 saturated carbocycles. The molecule has 0 atom stereocenters. The van der Waals surface area contributed by atoms with Gasteiger partial charge in [-0.2, -0.15) is 0 Å². The molecule has 18 heavy (non-hydrogen) atoms. The zero-order valence-electron chi connectivity index (χ0n) is 11.4. The van der Waals surface area contributed by atoms with Crippen LogP contribution in [0.25, 0.3) is 0 Å². The Bertz CT molecular complexity index is 419. The number of pyridine rings is 1. The van der Waals surface area contributed by atoms with Gasteiger partial charge in [0.2, 0.25) is 5.91 Å². The lowest BCUT2D eigenvalue weighted by atomic mass is 10.3. The lowest BCUT2D eigenvalue weighted by Gasteiger charge is -2.24. The highest BCUT2D eigenvalue weighted by molar-refractivity contribution is 9.10. The van der Waals surface area contributed by atoms with Gasteiger partial charge in [-0.3, -0.25) is 4.79 Å². The van der Waals surface area contributed by atoms with Crippen LogP contribution in [0.15, 0.2) is 16.7 Å². The first kappa shape index (κ1) is 15.0. The first-order valence-electron chi connectivity index (χ1n) is 6.11. The van der Waals surface area contributed by atoms with Crippen LogP contribution in [-0.4, -0.2) is 42.5 Å². The van der Waals surface area contributed by atoms with Crippen LogP contribution >= 0.6 is 15.9 Å². The van der Waals surface area contributed by atoms with Crippen LogP contribution in [0.2, 0.25) is 0 Å². The maximum Gasteiger partial charge on any atom is 0.242 e. The third-order valence-corrected chi connectivity index (χ3v) is 3.89. The van der Waals surface area contributed by atoms with Crippen molar-refractivity contribution in [1.82, 2.24) is 9.88 Å². The summed E-state index contributed by atoms with van der Waals surface area (Å²) in [5, 5.41) is 0. The number of rotatable bonds is 5. The van der Waals surface area contributed by atoms with Crippen LogP contribution in [0.4, 0.5) is 5.82 Å².